The first kappa shape index (κ1) is 8.27. The van der Waals surface area contributed by atoms with Gasteiger partial charge in [-0.15, -0.1) is 0 Å². The van der Waals surface area contributed by atoms with Crippen LogP contribution in [0.2, 0.25) is 0 Å². The van der Waals surface area contributed by atoms with Crippen molar-refractivity contribution < 1.29 is 14.6 Å². The van der Waals surface area contributed by atoms with Crippen molar-refractivity contribution in [3.63, 3.8) is 0 Å². The number of carboxylic acid groups (broad SMARTS) is 1. The summed E-state index contributed by atoms with van der Waals surface area (Å²) in [5.41, 5.74) is 0.396. The van der Waals surface area contributed by atoms with E-state index in [9.17, 15) is 4.79 Å². The Labute approximate surface area is 65.7 Å². The molecule has 11 heavy (non-hydrogen) atoms. The fourth-order valence-electron chi connectivity index (χ4n) is 0.932. The van der Waals surface area contributed by atoms with Crippen molar-refractivity contribution in [3.8, 4) is 0 Å². The molecule has 1 heterocycles. The largest absolute Gasteiger partial charge is 0.478 e. The molecule has 62 valence electrons. The third-order valence-corrected chi connectivity index (χ3v) is 1.80. The number of rotatable bonds is 3. The summed E-state index contributed by atoms with van der Waals surface area (Å²) in [7, 11) is 0. The standard InChI is InChI=1S/C8H12O3/c1-5(7-4-11-7)3-6(2)8(9)10/h3,5,7H,4H2,1-2H3,(H,9,10). The molecule has 1 aliphatic rings. The summed E-state index contributed by atoms with van der Waals surface area (Å²) in [5.74, 6) is -0.622. The number of aliphatic carboxylic acids is 1. The third kappa shape index (κ3) is 2.35. The van der Waals surface area contributed by atoms with Gasteiger partial charge < -0.3 is 9.84 Å². The van der Waals surface area contributed by atoms with Crippen LogP contribution in [-0.2, 0) is 9.53 Å². The summed E-state index contributed by atoms with van der Waals surface area (Å²) in [4.78, 5) is 10.4. The fraction of sp³-hybridized carbons (Fsp3) is 0.625. The van der Waals surface area contributed by atoms with Crippen LogP contribution in [0.15, 0.2) is 11.6 Å². The van der Waals surface area contributed by atoms with Crippen LogP contribution in [0.3, 0.4) is 0 Å². The van der Waals surface area contributed by atoms with E-state index in [0.29, 0.717) is 5.57 Å². The molecule has 0 aromatic rings. The van der Waals surface area contributed by atoms with E-state index >= 15 is 0 Å². The van der Waals surface area contributed by atoms with Gasteiger partial charge in [-0.05, 0) is 6.92 Å². The highest BCUT2D eigenvalue weighted by molar-refractivity contribution is 5.85. The molecule has 3 nitrogen and oxygen atoms in total. The van der Waals surface area contributed by atoms with Gasteiger partial charge in [-0.25, -0.2) is 4.79 Å². The smallest absolute Gasteiger partial charge is 0.330 e. The third-order valence-electron chi connectivity index (χ3n) is 1.80. The lowest BCUT2D eigenvalue weighted by Gasteiger charge is -2.00. The first-order valence-corrected chi connectivity index (χ1v) is 3.64. The monoisotopic (exact) mass is 156 g/mol. The van der Waals surface area contributed by atoms with Gasteiger partial charge in [0.1, 0.15) is 0 Å². The minimum Gasteiger partial charge on any atom is -0.478 e. The van der Waals surface area contributed by atoms with Crippen LogP contribution >= 0.6 is 0 Å². The van der Waals surface area contributed by atoms with Crippen LogP contribution in [0.1, 0.15) is 13.8 Å². The molecule has 0 spiro atoms. The number of ether oxygens (including phenoxy) is 1. The van der Waals surface area contributed by atoms with E-state index in [0.717, 1.165) is 6.61 Å². The highest BCUT2D eigenvalue weighted by Crippen LogP contribution is 2.21. The summed E-state index contributed by atoms with van der Waals surface area (Å²) < 4.78 is 5.01. The second-order valence-electron chi connectivity index (χ2n) is 2.89. The number of carboxylic acids is 1. The van der Waals surface area contributed by atoms with Gasteiger partial charge in [0.15, 0.2) is 0 Å². The summed E-state index contributed by atoms with van der Waals surface area (Å²) in [5, 5.41) is 8.52. The van der Waals surface area contributed by atoms with Gasteiger partial charge >= 0.3 is 5.97 Å². The van der Waals surface area contributed by atoms with Crippen LogP contribution in [-0.4, -0.2) is 23.8 Å². The molecule has 1 rings (SSSR count). The van der Waals surface area contributed by atoms with E-state index in [-0.39, 0.29) is 12.0 Å². The molecule has 0 aromatic heterocycles. The van der Waals surface area contributed by atoms with Crippen molar-refractivity contribution in [2.45, 2.75) is 20.0 Å². The predicted octanol–water partition coefficient (Wildman–Crippen LogP) is 1.05. The molecule has 0 radical (unpaired) electrons. The zero-order valence-corrected chi connectivity index (χ0v) is 6.70. The molecule has 0 bridgehead atoms. The number of hydrogen-bond donors (Lipinski definition) is 1. The lowest BCUT2D eigenvalue weighted by atomic mass is 10.1. The second kappa shape index (κ2) is 3.05. The van der Waals surface area contributed by atoms with E-state index in [1.54, 1.807) is 13.0 Å². The van der Waals surface area contributed by atoms with Gasteiger partial charge in [-0.2, -0.15) is 0 Å². The van der Waals surface area contributed by atoms with E-state index in [2.05, 4.69) is 0 Å². The highest BCUT2D eigenvalue weighted by atomic mass is 16.6. The van der Waals surface area contributed by atoms with Gasteiger partial charge in [0, 0.05) is 11.5 Å². The Balaban J connectivity index is 2.48. The molecule has 1 N–H and O–H groups in total. The van der Waals surface area contributed by atoms with E-state index in [4.69, 9.17) is 9.84 Å². The van der Waals surface area contributed by atoms with Gasteiger partial charge in [0.2, 0.25) is 0 Å². The SMILES string of the molecule is CC(=CC(C)C1CO1)C(=O)O. The molecule has 1 aliphatic heterocycles. The Hall–Kier alpha value is -0.830. The van der Waals surface area contributed by atoms with Crippen molar-refractivity contribution in [2.24, 2.45) is 5.92 Å². The molecular weight excluding hydrogens is 144 g/mol. The maximum absolute atomic E-state index is 10.4. The van der Waals surface area contributed by atoms with Crippen LogP contribution in [0, 0.1) is 5.92 Å². The molecule has 0 saturated carbocycles. The van der Waals surface area contributed by atoms with Crippen molar-refractivity contribution in [1.29, 1.82) is 0 Å². The van der Waals surface area contributed by atoms with E-state index < -0.39 is 5.97 Å². The van der Waals surface area contributed by atoms with Crippen molar-refractivity contribution in [2.75, 3.05) is 6.61 Å². The van der Waals surface area contributed by atoms with Crippen molar-refractivity contribution >= 4 is 5.97 Å². The molecule has 1 saturated heterocycles. The zero-order valence-electron chi connectivity index (χ0n) is 6.70. The normalized spacial score (nSPS) is 26.4. The highest BCUT2D eigenvalue weighted by Gasteiger charge is 2.28. The Kier molecular flexibility index (Phi) is 2.29. The fourth-order valence-corrected chi connectivity index (χ4v) is 0.932. The Morgan fingerprint density at radius 2 is 2.36 bits per heavy atom. The van der Waals surface area contributed by atoms with Crippen LogP contribution in [0.5, 0.6) is 0 Å². The summed E-state index contributed by atoms with van der Waals surface area (Å²) in [6.45, 7) is 4.33. The molecular formula is C8H12O3. The second-order valence-corrected chi connectivity index (χ2v) is 2.89. The van der Waals surface area contributed by atoms with Crippen LogP contribution in [0.25, 0.3) is 0 Å². The topological polar surface area (TPSA) is 49.8 Å². The van der Waals surface area contributed by atoms with Crippen molar-refractivity contribution in [3.05, 3.63) is 11.6 Å². The van der Waals surface area contributed by atoms with Gasteiger partial charge in [-0.1, -0.05) is 13.0 Å². The average molecular weight is 156 g/mol. The van der Waals surface area contributed by atoms with Gasteiger partial charge in [0.05, 0.1) is 12.7 Å². The summed E-state index contributed by atoms with van der Waals surface area (Å²) >= 11 is 0. The average Bonchev–Trinajstić information content (AvgIpc) is 2.67. The Morgan fingerprint density at radius 3 is 2.73 bits per heavy atom. The molecule has 0 aromatic carbocycles. The first-order chi connectivity index (χ1) is 5.11. The molecule has 0 aliphatic carbocycles. The minimum atomic E-state index is -0.850. The molecule has 2 atom stereocenters. The number of hydrogen-bond acceptors (Lipinski definition) is 2. The number of carbonyl (C=O) groups is 1. The lowest BCUT2D eigenvalue weighted by Crippen LogP contribution is -2.04. The lowest BCUT2D eigenvalue weighted by molar-refractivity contribution is -0.132. The number of epoxide rings is 1. The summed E-state index contributed by atoms with van der Waals surface area (Å²) in [6, 6.07) is 0. The van der Waals surface area contributed by atoms with E-state index in [1.807, 2.05) is 6.92 Å². The van der Waals surface area contributed by atoms with Gasteiger partial charge in [0.25, 0.3) is 0 Å². The zero-order chi connectivity index (χ0) is 8.43. The first-order valence-electron chi connectivity index (χ1n) is 3.64. The predicted molar refractivity (Wildman–Crippen MR) is 40.3 cm³/mol. The Bertz CT molecular complexity index is 192. The maximum atomic E-state index is 10.4. The maximum Gasteiger partial charge on any atom is 0.330 e. The molecule has 0 amide bonds. The molecule has 2 unspecified atom stereocenters. The quantitative estimate of drug-likeness (QED) is 0.491. The van der Waals surface area contributed by atoms with Crippen LogP contribution in [0.4, 0.5) is 0 Å². The molecule has 3 heteroatoms. The molecule has 1 fully saturated rings. The summed E-state index contributed by atoms with van der Waals surface area (Å²) in [6.07, 6.45) is 1.99. The van der Waals surface area contributed by atoms with Crippen LogP contribution < -0.4 is 0 Å². The van der Waals surface area contributed by atoms with E-state index in [1.165, 1.54) is 0 Å². The Morgan fingerprint density at radius 1 is 1.82 bits per heavy atom. The van der Waals surface area contributed by atoms with Gasteiger partial charge in [-0.3, -0.25) is 0 Å². The van der Waals surface area contributed by atoms with Crippen molar-refractivity contribution in [1.82, 2.24) is 0 Å². The minimum absolute atomic E-state index is 0.228.